The van der Waals surface area contributed by atoms with E-state index < -0.39 is 0 Å². The molecule has 11 rings (SSSR count). The zero-order chi connectivity index (χ0) is 34.2. The van der Waals surface area contributed by atoms with Crippen LogP contribution in [0.4, 0.5) is 0 Å². The SMILES string of the molecule is c1ccc(-c2cc(-c3ccc4c(c3)sc3cc5ccccc5cc34)nc(-c3ccc4c(ccc5ccc6sc(-c7ccccc7)nc6c54)c3)n2)cc1. The molecule has 0 spiro atoms. The third kappa shape index (κ3) is 4.82. The molecule has 0 aliphatic rings. The predicted molar refractivity (Wildman–Crippen MR) is 222 cm³/mol. The van der Waals surface area contributed by atoms with Crippen LogP contribution < -0.4 is 0 Å². The highest BCUT2D eigenvalue weighted by atomic mass is 32.1. The van der Waals surface area contributed by atoms with Crippen LogP contribution in [0.15, 0.2) is 164 Å². The molecule has 0 aliphatic heterocycles. The summed E-state index contributed by atoms with van der Waals surface area (Å²) < 4.78 is 3.75. The number of aromatic nitrogens is 3. The minimum atomic E-state index is 0.708. The molecule has 52 heavy (non-hydrogen) atoms. The number of hydrogen-bond donors (Lipinski definition) is 0. The molecule has 0 bridgehead atoms. The number of rotatable bonds is 4. The van der Waals surface area contributed by atoms with E-state index in [-0.39, 0.29) is 0 Å². The van der Waals surface area contributed by atoms with Crippen LogP contribution in [0.5, 0.6) is 0 Å². The largest absolute Gasteiger partial charge is 0.235 e. The van der Waals surface area contributed by atoms with Crippen LogP contribution in [0.2, 0.25) is 0 Å². The quantitative estimate of drug-likeness (QED) is 0.172. The molecular weight excluding hydrogens is 671 g/mol. The van der Waals surface area contributed by atoms with Gasteiger partial charge < -0.3 is 0 Å². The smallest absolute Gasteiger partial charge is 0.160 e. The van der Waals surface area contributed by atoms with Gasteiger partial charge >= 0.3 is 0 Å². The number of fused-ring (bicyclic) bond motifs is 9. The van der Waals surface area contributed by atoms with Crippen LogP contribution in [0, 0.1) is 0 Å². The average Bonchev–Trinajstić information content (AvgIpc) is 3.81. The molecule has 3 aromatic heterocycles. The van der Waals surface area contributed by atoms with E-state index in [1.165, 1.54) is 51.8 Å². The Kier molecular flexibility index (Phi) is 6.59. The van der Waals surface area contributed by atoms with Crippen molar-refractivity contribution in [3.63, 3.8) is 0 Å². The van der Waals surface area contributed by atoms with E-state index in [9.17, 15) is 0 Å². The fourth-order valence-electron chi connectivity index (χ4n) is 7.49. The van der Waals surface area contributed by atoms with Gasteiger partial charge in [0.05, 0.1) is 21.6 Å². The summed E-state index contributed by atoms with van der Waals surface area (Å²) in [6.07, 6.45) is 0. The molecular formula is C47H27N3S2. The Morgan fingerprint density at radius 1 is 0.346 bits per heavy atom. The van der Waals surface area contributed by atoms with Crippen molar-refractivity contribution in [2.45, 2.75) is 0 Å². The van der Waals surface area contributed by atoms with Crippen molar-refractivity contribution in [1.82, 2.24) is 15.0 Å². The van der Waals surface area contributed by atoms with Gasteiger partial charge in [-0.3, -0.25) is 0 Å². The molecule has 11 aromatic rings. The summed E-state index contributed by atoms with van der Waals surface area (Å²) in [5, 5.41) is 10.8. The van der Waals surface area contributed by atoms with Crippen LogP contribution >= 0.6 is 22.7 Å². The van der Waals surface area contributed by atoms with Crippen molar-refractivity contribution in [3.8, 4) is 44.5 Å². The first-order valence-corrected chi connectivity index (χ1v) is 19.0. The van der Waals surface area contributed by atoms with Crippen LogP contribution in [0.25, 0.3) is 107 Å². The summed E-state index contributed by atoms with van der Waals surface area (Å²) in [6, 6.07) is 58.4. The molecule has 0 aliphatic carbocycles. The maximum absolute atomic E-state index is 5.24. The van der Waals surface area contributed by atoms with E-state index in [1.807, 2.05) is 23.5 Å². The van der Waals surface area contributed by atoms with E-state index in [0.717, 1.165) is 49.6 Å². The van der Waals surface area contributed by atoms with Gasteiger partial charge in [0, 0.05) is 47.8 Å². The van der Waals surface area contributed by atoms with Gasteiger partial charge in [0.2, 0.25) is 0 Å². The normalized spacial score (nSPS) is 11.8. The second-order valence-corrected chi connectivity index (χ2v) is 15.3. The van der Waals surface area contributed by atoms with Crippen molar-refractivity contribution in [1.29, 1.82) is 0 Å². The van der Waals surface area contributed by atoms with E-state index in [4.69, 9.17) is 15.0 Å². The standard InChI is InChI=1S/C47H27N3S2/c1-3-9-28(10-4-1)39-27-40(34-17-21-37-38-24-31-13-7-8-14-32(31)25-43(38)51-42(37)26-34)49-46(48-39)35-18-20-36-33(23-35)16-15-29-19-22-41-45(44(29)36)50-47(52-41)30-11-5-2-6-12-30/h1-27H. The van der Waals surface area contributed by atoms with Crippen LogP contribution in [0.3, 0.4) is 0 Å². The fraction of sp³-hybridized carbons (Fsp3) is 0. The number of hydrogen-bond acceptors (Lipinski definition) is 5. The van der Waals surface area contributed by atoms with Gasteiger partial charge in [-0.2, -0.15) is 0 Å². The zero-order valence-corrected chi connectivity index (χ0v) is 29.4. The van der Waals surface area contributed by atoms with Gasteiger partial charge in [0.25, 0.3) is 0 Å². The van der Waals surface area contributed by atoms with Gasteiger partial charge in [-0.15, -0.1) is 22.7 Å². The highest BCUT2D eigenvalue weighted by Gasteiger charge is 2.16. The summed E-state index contributed by atoms with van der Waals surface area (Å²) >= 11 is 3.59. The predicted octanol–water partition coefficient (Wildman–Crippen LogP) is 13.6. The lowest BCUT2D eigenvalue weighted by atomic mass is 9.99. The Morgan fingerprint density at radius 3 is 1.83 bits per heavy atom. The number of nitrogens with zero attached hydrogens (tertiary/aromatic N) is 3. The maximum Gasteiger partial charge on any atom is 0.160 e. The van der Waals surface area contributed by atoms with Gasteiger partial charge in [0.15, 0.2) is 5.82 Å². The van der Waals surface area contributed by atoms with Crippen LogP contribution in [-0.2, 0) is 0 Å². The third-order valence-corrected chi connectivity index (χ3v) is 12.3. The van der Waals surface area contributed by atoms with Crippen molar-refractivity contribution >= 4 is 85.4 Å². The molecule has 0 radical (unpaired) electrons. The molecule has 0 N–H and O–H groups in total. The fourth-order valence-corrected chi connectivity index (χ4v) is 9.64. The summed E-state index contributed by atoms with van der Waals surface area (Å²) in [7, 11) is 0. The molecule has 3 nitrogen and oxygen atoms in total. The molecule has 0 amide bonds. The van der Waals surface area contributed by atoms with Crippen molar-refractivity contribution in [2.75, 3.05) is 0 Å². The van der Waals surface area contributed by atoms with Gasteiger partial charge in [-0.1, -0.05) is 127 Å². The number of thiophene rings is 1. The van der Waals surface area contributed by atoms with Crippen LogP contribution in [0.1, 0.15) is 0 Å². The summed E-state index contributed by atoms with van der Waals surface area (Å²) in [6.45, 7) is 0. The van der Waals surface area contributed by atoms with E-state index in [1.54, 1.807) is 11.3 Å². The lowest BCUT2D eigenvalue weighted by Gasteiger charge is -2.11. The Balaban J connectivity index is 1.07. The second-order valence-electron chi connectivity index (χ2n) is 13.2. The molecule has 0 unspecified atom stereocenters. The van der Waals surface area contributed by atoms with Crippen LogP contribution in [-0.4, -0.2) is 15.0 Å². The Hall–Kier alpha value is -6.27. The molecule has 0 saturated heterocycles. The lowest BCUT2D eigenvalue weighted by Crippen LogP contribution is -1.96. The van der Waals surface area contributed by atoms with E-state index in [0.29, 0.717) is 5.82 Å². The van der Waals surface area contributed by atoms with Crippen molar-refractivity contribution in [3.05, 3.63) is 164 Å². The van der Waals surface area contributed by atoms with E-state index >= 15 is 0 Å². The molecule has 8 aromatic carbocycles. The molecule has 3 heterocycles. The summed E-state index contributed by atoms with van der Waals surface area (Å²) in [4.78, 5) is 15.6. The number of benzene rings is 8. The minimum absolute atomic E-state index is 0.708. The first kappa shape index (κ1) is 29.5. The highest BCUT2D eigenvalue weighted by molar-refractivity contribution is 7.26. The van der Waals surface area contributed by atoms with Gasteiger partial charge in [-0.05, 0) is 63.3 Å². The first-order valence-electron chi connectivity index (χ1n) is 17.3. The maximum atomic E-state index is 5.24. The molecule has 242 valence electrons. The average molecular weight is 698 g/mol. The topological polar surface area (TPSA) is 38.7 Å². The highest BCUT2D eigenvalue weighted by Crippen LogP contribution is 2.41. The molecule has 5 heteroatoms. The molecule has 0 atom stereocenters. The first-order chi connectivity index (χ1) is 25.7. The minimum Gasteiger partial charge on any atom is -0.235 e. The second kappa shape index (κ2) is 11.6. The molecule has 0 saturated carbocycles. The lowest BCUT2D eigenvalue weighted by molar-refractivity contribution is 1.19. The van der Waals surface area contributed by atoms with Crippen molar-refractivity contribution < 1.29 is 0 Å². The number of thiazole rings is 1. The van der Waals surface area contributed by atoms with Gasteiger partial charge in [-0.25, -0.2) is 15.0 Å². The summed E-state index contributed by atoms with van der Waals surface area (Å²) in [5.74, 6) is 0.708. The Morgan fingerprint density at radius 2 is 1.00 bits per heavy atom. The zero-order valence-electron chi connectivity index (χ0n) is 27.7. The third-order valence-electron chi connectivity index (χ3n) is 10.1. The molecule has 0 fully saturated rings. The van der Waals surface area contributed by atoms with Gasteiger partial charge in [0.1, 0.15) is 5.01 Å². The Bertz CT molecular complexity index is 3180. The Labute approximate surface area is 307 Å². The monoisotopic (exact) mass is 697 g/mol. The summed E-state index contributed by atoms with van der Waals surface area (Å²) in [5.41, 5.74) is 7.13. The van der Waals surface area contributed by atoms with Crippen molar-refractivity contribution in [2.24, 2.45) is 0 Å². The van der Waals surface area contributed by atoms with E-state index in [2.05, 4.69) is 152 Å².